The molecule has 0 radical (unpaired) electrons. The van der Waals surface area contributed by atoms with E-state index in [0.717, 1.165) is 13.5 Å². The number of nitrogens with zero attached hydrogens (tertiary/aromatic N) is 1. The van der Waals surface area contributed by atoms with Crippen molar-refractivity contribution in [2.24, 2.45) is 0 Å². The second-order valence-electron chi connectivity index (χ2n) is 11.3. The summed E-state index contributed by atoms with van der Waals surface area (Å²) in [6.07, 6.45) is 3.72. The number of anilines is 1. The van der Waals surface area contributed by atoms with E-state index in [9.17, 15) is 0 Å². The summed E-state index contributed by atoms with van der Waals surface area (Å²) >= 11 is 6.83. The number of rotatable bonds is 10. The number of para-hydroxylation sites is 1. The van der Waals surface area contributed by atoms with Crippen molar-refractivity contribution in [1.82, 2.24) is 0 Å². The van der Waals surface area contributed by atoms with Gasteiger partial charge in [0.25, 0.3) is 5.97 Å². The minimum atomic E-state index is -0.833. The molecule has 0 aliphatic carbocycles. The molecule has 0 amide bonds. The molecule has 262 valence electrons. The Kier molecular flexibility index (Phi) is 18.7. The number of carboxylic acids is 1. The van der Waals surface area contributed by atoms with Crippen molar-refractivity contribution in [3.63, 3.8) is 0 Å². The van der Waals surface area contributed by atoms with Crippen LogP contribution in [0.5, 0.6) is 0 Å². The van der Waals surface area contributed by atoms with Gasteiger partial charge in [0.05, 0.1) is 0 Å². The molecule has 0 bridgehead atoms. The van der Waals surface area contributed by atoms with Crippen molar-refractivity contribution < 1.29 is 26.2 Å². The third kappa shape index (κ3) is 13.8. The zero-order valence-corrected chi connectivity index (χ0v) is 34.4. The van der Waals surface area contributed by atoms with Gasteiger partial charge in [0, 0.05) is 19.2 Å². The van der Waals surface area contributed by atoms with Crippen LogP contribution in [-0.2, 0) is 27.7 Å². The standard InChI is InChI=1S/C27H26P2.C14H12NS.C2H4O2.BrH.Ru/c1-5-14-24(15-6-1)28(25-16-7-2-8-17-25)22-13-23-29(26-18-9-3-10-19-26)27-20-11-4-12-21-27;1-2-6-12(7-3-1)10-15-11-16-14-9-5-4-8-13(14)15;1-2(3)4;;/h1-12,14-21H,13,22-23H2;1-9,11H,10H2;1H3,(H,3,4);1H;/q;-1;;;+2/p-1. The molecule has 1 N–H and O–H groups in total. The van der Waals surface area contributed by atoms with Crippen LogP contribution in [0.4, 0.5) is 5.69 Å². The van der Waals surface area contributed by atoms with Crippen molar-refractivity contribution in [2.75, 3.05) is 17.2 Å². The third-order valence-electron chi connectivity index (χ3n) is 7.71. The average molecular weight is 880 g/mol. The first-order valence-electron chi connectivity index (χ1n) is 16.6. The van der Waals surface area contributed by atoms with Gasteiger partial charge >= 0.3 is 30.0 Å². The fraction of sp³-hybridized carbons (Fsp3) is 0.116. The molecule has 0 atom stereocenters. The Labute approximate surface area is 327 Å². The maximum absolute atomic E-state index is 9.00. The molecule has 0 saturated carbocycles. The molecule has 6 aromatic rings. The van der Waals surface area contributed by atoms with Gasteiger partial charge in [0.15, 0.2) is 0 Å². The van der Waals surface area contributed by atoms with Gasteiger partial charge in [0.1, 0.15) is 0 Å². The summed E-state index contributed by atoms with van der Waals surface area (Å²) < 4.78 is 0. The SMILES string of the molecule is CC(=O)O.[Br][Ru+].c1ccc(CN2[CH-]Sc3ccccc32)cc1.c1ccc(P(CCCP(c2ccccc2)c2ccccc2)c2ccccc2)cc1. The first-order valence-corrected chi connectivity index (χ1v) is 24.5. The summed E-state index contributed by atoms with van der Waals surface area (Å²) in [5.41, 5.74) is 2.66. The van der Waals surface area contributed by atoms with Gasteiger partial charge in [-0.25, -0.2) is 0 Å². The molecule has 0 unspecified atom stereocenters. The zero-order valence-electron chi connectivity index (χ0n) is 28.5. The van der Waals surface area contributed by atoms with Crippen molar-refractivity contribution >= 4 is 74.1 Å². The monoisotopic (exact) mass is 879 g/mol. The summed E-state index contributed by atoms with van der Waals surface area (Å²) in [6.45, 7) is 2.03. The van der Waals surface area contributed by atoms with Gasteiger partial charge in [-0.05, 0) is 78.4 Å². The molecule has 7 rings (SSSR count). The molecule has 1 aliphatic rings. The average Bonchev–Trinajstić information content (AvgIpc) is 3.60. The van der Waals surface area contributed by atoms with E-state index < -0.39 is 5.97 Å². The topological polar surface area (TPSA) is 40.5 Å². The van der Waals surface area contributed by atoms with Gasteiger partial charge in [0.2, 0.25) is 0 Å². The molecule has 1 aliphatic heterocycles. The molecular formula is C43H42BrNO2P2RuS. The fourth-order valence-corrected chi connectivity index (χ4v) is 11.4. The van der Waals surface area contributed by atoms with E-state index in [4.69, 9.17) is 9.90 Å². The van der Waals surface area contributed by atoms with E-state index in [1.54, 1.807) is 11.8 Å². The summed E-state index contributed by atoms with van der Waals surface area (Å²) in [5, 5.41) is 13.4. The Hall–Kier alpha value is -3.10. The summed E-state index contributed by atoms with van der Waals surface area (Å²) in [7, 11) is -0.618. The van der Waals surface area contributed by atoms with Crippen molar-refractivity contribution in [1.29, 1.82) is 0 Å². The van der Waals surface area contributed by atoms with Crippen molar-refractivity contribution in [2.45, 2.75) is 24.8 Å². The molecule has 0 saturated heterocycles. The van der Waals surface area contributed by atoms with Crippen LogP contribution in [0.15, 0.2) is 181 Å². The predicted octanol–water partition coefficient (Wildman–Crippen LogP) is 10.5. The molecule has 0 spiro atoms. The quantitative estimate of drug-likeness (QED) is 0.0846. The second-order valence-corrected chi connectivity index (χ2v) is 16.9. The molecule has 51 heavy (non-hydrogen) atoms. The van der Waals surface area contributed by atoms with E-state index >= 15 is 0 Å². The van der Waals surface area contributed by atoms with Crippen molar-refractivity contribution in [3.8, 4) is 0 Å². The normalized spacial score (nSPS) is 11.3. The minimum Gasteiger partial charge on any atom is -0.508 e. The molecule has 6 aromatic carbocycles. The number of hydrogen-bond acceptors (Lipinski definition) is 3. The van der Waals surface area contributed by atoms with Crippen LogP contribution in [0.3, 0.4) is 0 Å². The number of aliphatic carboxylic acids is 1. The van der Waals surface area contributed by atoms with Crippen LogP contribution in [-0.4, -0.2) is 23.4 Å². The van der Waals surface area contributed by atoms with E-state index in [1.165, 1.54) is 56.1 Å². The Bertz CT molecular complexity index is 1660. The number of carboxylic acid groups (broad SMARTS) is 1. The smallest absolute Gasteiger partial charge is 0.0193 e. The first kappa shape index (κ1) is 40.7. The molecule has 1 heterocycles. The van der Waals surface area contributed by atoms with Gasteiger partial charge in [-0.3, -0.25) is 16.6 Å². The van der Waals surface area contributed by atoms with Crippen molar-refractivity contribution in [3.05, 3.63) is 187 Å². The molecule has 0 fully saturated rings. The van der Waals surface area contributed by atoms with E-state index in [-0.39, 0.29) is 15.8 Å². The second kappa shape index (κ2) is 23.5. The van der Waals surface area contributed by atoms with Crippen LogP contribution in [0.1, 0.15) is 18.9 Å². The third-order valence-corrected chi connectivity index (χ3v) is 13.9. The largest absolute Gasteiger partial charge is 0.508 e. The summed E-state index contributed by atoms with van der Waals surface area (Å²) in [6, 6.07) is 63.4. The number of hydrogen-bond donors (Lipinski definition) is 1. The first-order chi connectivity index (χ1) is 25.1. The van der Waals surface area contributed by atoms with Crippen LogP contribution < -0.4 is 26.1 Å². The number of thioether (sulfide) groups is 1. The van der Waals surface area contributed by atoms with Crippen LogP contribution in [0.2, 0.25) is 0 Å². The van der Waals surface area contributed by atoms with Gasteiger partial charge in [-0.1, -0.05) is 164 Å². The van der Waals surface area contributed by atoms with Gasteiger partial charge < -0.3 is 10.0 Å². The molecular weight excluding hydrogens is 837 g/mol. The number of halogens is 1. The Morgan fingerprint density at radius 2 is 0.941 bits per heavy atom. The Balaban J connectivity index is 0.000000222. The predicted molar refractivity (Wildman–Crippen MR) is 224 cm³/mol. The number of fused-ring (bicyclic) bond motifs is 1. The zero-order chi connectivity index (χ0) is 36.1. The molecule has 0 aromatic heterocycles. The minimum absolute atomic E-state index is 0.309. The van der Waals surface area contributed by atoms with Crippen LogP contribution in [0, 0.1) is 5.88 Å². The van der Waals surface area contributed by atoms with E-state index in [2.05, 4.69) is 217 Å². The maximum atomic E-state index is 9.00. The van der Waals surface area contributed by atoms with E-state index in [1.807, 2.05) is 0 Å². The van der Waals surface area contributed by atoms with E-state index in [0.29, 0.717) is 0 Å². The number of carbonyl (C=O) groups is 1. The summed E-state index contributed by atoms with van der Waals surface area (Å²) in [5.74, 6) is 1.36. The fourth-order valence-electron chi connectivity index (χ4n) is 5.51. The van der Waals surface area contributed by atoms with Crippen LogP contribution >= 0.6 is 41.2 Å². The molecule has 3 nitrogen and oxygen atoms in total. The number of benzene rings is 6. The molecule has 8 heteroatoms. The Morgan fingerprint density at radius 1 is 0.608 bits per heavy atom. The van der Waals surface area contributed by atoms with Gasteiger partial charge in [-0.2, -0.15) is 5.88 Å². The Morgan fingerprint density at radius 3 is 1.33 bits per heavy atom. The maximum Gasteiger partial charge on any atom is 0.0193 e. The summed E-state index contributed by atoms with van der Waals surface area (Å²) in [4.78, 5) is 12.6. The van der Waals surface area contributed by atoms with Crippen LogP contribution in [0.25, 0.3) is 0 Å². The van der Waals surface area contributed by atoms with Gasteiger partial charge in [-0.15, -0.1) is 0 Å².